The van der Waals surface area contributed by atoms with Gasteiger partial charge in [-0.05, 0) is 34.4 Å². The van der Waals surface area contributed by atoms with E-state index < -0.39 is 10.0 Å². The van der Waals surface area contributed by atoms with Gasteiger partial charge in [-0.25, -0.2) is 8.42 Å². The fourth-order valence-electron chi connectivity index (χ4n) is 3.61. The van der Waals surface area contributed by atoms with Gasteiger partial charge >= 0.3 is 0 Å². The summed E-state index contributed by atoms with van der Waals surface area (Å²) < 4.78 is 27.6. The Hall–Kier alpha value is -2.77. The van der Waals surface area contributed by atoms with Gasteiger partial charge in [-0.15, -0.1) is 11.3 Å². The summed E-state index contributed by atoms with van der Waals surface area (Å²) >= 11 is 1.32. The molecule has 1 aromatic heterocycles. The number of thiophene rings is 1. The van der Waals surface area contributed by atoms with Gasteiger partial charge in [-0.1, -0.05) is 30.3 Å². The number of sulfonamides is 1. The summed E-state index contributed by atoms with van der Waals surface area (Å²) in [5, 5.41) is 16.0. The first-order chi connectivity index (χ1) is 15.0. The predicted molar refractivity (Wildman–Crippen MR) is 121 cm³/mol. The third-order valence-corrected chi connectivity index (χ3v) is 8.11. The lowest BCUT2D eigenvalue weighted by Gasteiger charge is -2.33. The van der Waals surface area contributed by atoms with Crippen LogP contribution in [0.15, 0.2) is 58.8 Å². The van der Waals surface area contributed by atoms with Crippen LogP contribution in [0.3, 0.4) is 0 Å². The molecule has 4 rings (SSSR count). The summed E-state index contributed by atoms with van der Waals surface area (Å²) in [6.07, 6.45) is 0.292. The number of benzene rings is 2. The number of piperazine rings is 1. The van der Waals surface area contributed by atoms with Crippen LogP contribution in [-0.2, 0) is 14.8 Å². The zero-order valence-corrected chi connectivity index (χ0v) is 18.5. The molecule has 7 nitrogen and oxygen atoms in total. The molecule has 1 saturated heterocycles. The number of anilines is 1. The van der Waals surface area contributed by atoms with Gasteiger partial charge in [-0.2, -0.15) is 9.57 Å². The SMILES string of the molecule is N#Cc1ccsc1NC(=O)CCN1CCN(S(=O)(=O)c2ccc3ccccc3c2)CC1. The van der Waals surface area contributed by atoms with Crippen LogP contribution >= 0.6 is 11.3 Å². The third-order valence-electron chi connectivity index (χ3n) is 5.38. The summed E-state index contributed by atoms with van der Waals surface area (Å²) in [6, 6.07) is 16.6. The van der Waals surface area contributed by atoms with E-state index in [4.69, 9.17) is 5.26 Å². The first-order valence-electron chi connectivity index (χ1n) is 9.96. The summed E-state index contributed by atoms with van der Waals surface area (Å²) in [7, 11) is -3.55. The minimum Gasteiger partial charge on any atom is -0.317 e. The second-order valence-electron chi connectivity index (χ2n) is 7.33. The number of fused-ring (bicyclic) bond motifs is 1. The fraction of sp³-hybridized carbons (Fsp3) is 0.273. The van der Waals surface area contributed by atoms with Crippen LogP contribution in [0.5, 0.6) is 0 Å². The Balaban J connectivity index is 1.31. The first kappa shape index (κ1) is 21.5. The molecule has 2 heterocycles. The maximum atomic E-state index is 13.1. The number of nitrogens with zero attached hydrogens (tertiary/aromatic N) is 3. The van der Waals surface area contributed by atoms with Crippen LogP contribution in [0, 0.1) is 11.3 Å². The van der Waals surface area contributed by atoms with Crippen molar-refractivity contribution in [3.05, 3.63) is 59.5 Å². The second-order valence-corrected chi connectivity index (χ2v) is 10.2. The van der Waals surface area contributed by atoms with Crippen molar-refractivity contribution >= 4 is 43.0 Å². The zero-order chi connectivity index (χ0) is 21.8. The summed E-state index contributed by atoms with van der Waals surface area (Å²) in [5.41, 5.74) is 0.464. The lowest BCUT2D eigenvalue weighted by Crippen LogP contribution is -2.49. The van der Waals surface area contributed by atoms with E-state index in [1.54, 1.807) is 23.6 Å². The minimum absolute atomic E-state index is 0.148. The van der Waals surface area contributed by atoms with Crippen molar-refractivity contribution < 1.29 is 13.2 Å². The summed E-state index contributed by atoms with van der Waals surface area (Å²) in [4.78, 5) is 14.6. The van der Waals surface area contributed by atoms with Crippen LogP contribution < -0.4 is 5.32 Å². The van der Waals surface area contributed by atoms with Gasteiger partial charge in [0.1, 0.15) is 11.1 Å². The molecule has 0 saturated carbocycles. The highest BCUT2D eigenvalue weighted by atomic mass is 32.2. The monoisotopic (exact) mass is 454 g/mol. The quantitative estimate of drug-likeness (QED) is 0.618. The number of hydrogen-bond acceptors (Lipinski definition) is 6. The maximum absolute atomic E-state index is 13.1. The van der Waals surface area contributed by atoms with E-state index in [2.05, 4.69) is 16.3 Å². The van der Waals surface area contributed by atoms with Gasteiger partial charge in [0.05, 0.1) is 10.5 Å². The van der Waals surface area contributed by atoms with Gasteiger partial charge in [0.15, 0.2) is 0 Å². The van der Waals surface area contributed by atoms with E-state index in [9.17, 15) is 13.2 Å². The van der Waals surface area contributed by atoms with E-state index in [1.807, 2.05) is 30.3 Å². The van der Waals surface area contributed by atoms with Crippen LogP contribution in [0.4, 0.5) is 5.00 Å². The zero-order valence-electron chi connectivity index (χ0n) is 16.8. The van der Waals surface area contributed by atoms with Crippen molar-refractivity contribution in [3.8, 4) is 6.07 Å². The molecule has 1 fully saturated rings. The van der Waals surface area contributed by atoms with Crippen molar-refractivity contribution in [2.45, 2.75) is 11.3 Å². The molecule has 1 N–H and O–H groups in total. The van der Waals surface area contributed by atoms with E-state index >= 15 is 0 Å². The molecule has 9 heteroatoms. The van der Waals surface area contributed by atoms with Crippen molar-refractivity contribution in [1.82, 2.24) is 9.21 Å². The van der Waals surface area contributed by atoms with Gasteiger partial charge in [-0.3, -0.25) is 4.79 Å². The van der Waals surface area contributed by atoms with Gasteiger partial charge in [0, 0.05) is 39.1 Å². The smallest absolute Gasteiger partial charge is 0.243 e. The van der Waals surface area contributed by atoms with Crippen LogP contribution in [0.1, 0.15) is 12.0 Å². The van der Waals surface area contributed by atoms with E-state index in [1.165, 1.54) is 15.6 Å². The van der Waals surface area contributed by atoms with E-state index in [0.29, 0.717) is 54.6 Å². The molecule has 0 radical (unpaired) electrons. The number of nitrogens with one attached hydrogen (secondary N) is 1. The maximum Gasteiger partial charge on any atom is 0.243 e. The Morgan fingerprint density at radius 3 is 2.55 bits per heavy atom. The average Bonchev–Trinajstić information content (AvgIpc) is 3.24. The molecule has 31 heavy (non-hydrogen) atoms. The molecule has 0 atom stereocenters. The largest absolute Gasteiger partial charge is 0.317 e. The molecule has 0 aliphatic carbocycles. The standard InChI is InChI=1S/C22H22N4O3S2/c23-16-19-8-14-30-22(19)24-21(27)7-9-25-10-12-26(13-11-25)31(28,29)20-6-5-17-3-1-2-4-18(17)15-20/h1-6,8,14-15H,7,9-13H2,(H,24,27). The highest BCUT2D eigenvalue weighted by molar-refractivity contribution is 7.89. The Morgan fingerprint density at radius 2 is 1.81 bits per heavy atom. The van der Waals surface area contributed by atoms with Crippen molar-refractivity contribution in [2.24, 2.45) is 0 Å². The molecule has 1 amide bonds. The van der Waals surface area contributed by atoms with Gasteiger partial charge in [0.25, 0.3) is 0 Å². The number of carbonyl (C=O) groups excluding carboxylic acids is 1. The molecule has 3 aromatic rings. The van der Waals surface area contributed by atoms with Gasteiger partial charge < -0.3 is 10.2 Å². The topological polar surface area (TPSA) is 93.5 Å². The van der Waals surface area contributed by atoms with E-state index in [-0.39, 0.29) is 5.91 Å². The molecule has 1 aliphatic rings. The number of rotatable bonds is 6. The number of hydrogen-bond donors (Lipinski definition) is 1. The minimum atomic E-state index is -3.55. The first-order valence-corrected chi connectivity index (χ1v) is 12.3. The van der Waals surface area contributed by atoms with Crippen molar-refractivity contribution in [1.29, 1.82) is 5.26 Å². The number of amides is 1. The third kappa shape index (κ3) is 4.78. The second kappa shape index (κ2) is 9.16. The molecule has 0 unspecified atom stereocenters. The van der Waals surface area contributed by atoms with Crippen LogP contribution in [-0.4, -0.2) is 56.3 Å². The summed E-state index contributed by atoms with van der Waals surface area (Å²) in [5.74, 6) is -0.148. The number of nitriles is 1. The highest BCUT2D eigenvalue weighted by Gasteiger charge is 2.28. The van der Waals surface area contributed by atoms with Crippen LogP contribution in [0.2, 0.25) is 0 Å². The Kier molecular flexibility index (Phi) is 6.34. The van der Waals surface area contributed by atoms with Gasteiger partial charge in [0.2, 0.25) is 15.9 Å². The Bertz CT molecular complexity index is 1240. The normalized spacial score (nSPS) is 15.6. The molecule has 1 aliphatic heterocycles. The lowest BCUT2D eigenvalue weighted by atomic mass is 10.1. The summed E-state index contributed by atoms with van der Waals surface area (Å²) in [6.45, 7) is 2.47. The number of carbonyl (C=O) groups is 1. The Labute approximate surface area is 185 Å². The Morgan fingerprint density at radius 1 is 1.06 bits per heavy atom. The van der Waals surface area contributed by atoms with Crippen LogP contribution in [0.25, 0.3) is 10.8 Å². The van der Waals surface area contributed by atoms with Crippen molar-refractivity contribution in [3.63, 3.8) is 0 Å². The molecule has 2 aromatic carbocycles. The molecular formula is C22H22N4O3S2. The van der Waals surface area contributed by atoms with E-state index in [0.717, 1.165) is 10.8 Å². The lowest BCUT2D eigenvalue weighted by molar-refractivity contribution is -0.116. The predicted octanol–water partition coefficient (Wildman–Crippen LogP) is 3.11. The average molecular weight is 455 g/mol. The molecule has 160 valence electrons. The molecule has 0 spiro atoms. The van der Waals surface area contributed by atoms with Crippen molar-refractivity contribution in [2.75, 3.05) is 38.0 Å². The molecule has 0 bridgehead atoms. The molecular weight excluding hydrogens is 432 g/mol. The highest BCUT2D eigenvalue weighted by Crippen LogP contribution is 2.24. The fourth-order valence-corrected chi connectivity index (χ4v) is 5.83.